The molecular weight excluding hydrogens is 288 g/mol. The zero-order valence-electron chi connectivity index (χ0n) is 11.4. The van der Waals surface area contributed by atoms with Crippen molar-refractivity contribution in [3.63, 3.8) is 0 Å². The van der Waals surface area contributed by atoms with Crippen molar-refractivity contribution < 1.29 is 9.53 Å². The van der Waals surface area contributed by atoms with Gasteiger partial charge in [-0.05, 0) is 24.3 Å². The minimum atomic E-state index is -0.0931. The summed E-state index contributed by atoms with van der Waals surface area (Å²) in [5.74, 6) is 0.739. The Morgan fingerprint density at radius 1 is 1.24 bits per heavy atom. The van der Waals surface area contributed by atoms with E-state index < -0.39 is 0 Å². The molecule has 1 amide bonds. The third-order valence-corrected chi connectivity index (χ3v) is 3.63. The van der Waals surface area contributed by atoms with E-state index in [0.29, 0.717) is 36.0 Å². The van der Waals surface area contributed by atoms with Gasteiger partial charge in [-0.25, -0.2) is 0 Å². The highest BCUT2D eigenvalue weighted by Crippen LogP contribution is 2.24. The maximum atomic E-state index is 12.6. The number of carbonyl (C=O) groups is 1. The molecule has 0 unspecified atom stereocenters. The van der Waals surface area contributed by atoms with Crippen molar-refractivity contribution in [2.75, 3.05) is 18.9 Å². The van der Waals surface area contributed by atoms with Crippen molar-refractivity contribution in [1.82, 2.24) is 4.90 Å². The fourth-order valence-corrected chi connectivity index (χ4v) is 2.66. The average molecular weight is 303 g/mol. The quantitative estimate of drug-likeness (QED) is 0.824. The number of hydrogen-bond acceptors (Lipinski definition) is 3. The molecule has 4 nitrogen and oxygen atoms in total. The second kappa shape index (κ2) is 5.66. The highest BCUT2D eigenvalue weighted by atomic mass is 35.5. The Bertz CT molecular complexity index is 667. The van der Waals surface area contributed by atoms with Crippen molar-refractivity contribution in [2.45, 2.75) is 6.54 Å². The maximum absolute atomic E-state index is 12.6. The molecule has 2 aromatic rings. The maximum Gasteiger partial charge on any atom is 0.254 e. The van der Waals surface area contributed by atoms with Gasteiger partial charge in [0.2, 0.25) is 0 Å². The second-order valence-corrected chi connectivity index (χ2v) is 5.39. The van der Waals surface area contributed by atoms with E-state index >= 15 is 0 Å². The van der Waals surface area contributed by atoms with Gasteiger partial charge in [0.1, 0.15) is 12.4 Å². The van der Waals surface area contributed by atoms with Gasteiger partial charge >= 0.3 is 0 Å². The minimum absolute atomic E-state index is 0.0931. The van der Waals surface area contributed by atoms with E-state index in [-0.39, 0.29) is 5.91 Å². The summed E-state index contributed by atoms with van der Waals surface area (Å²) in [5, 5.41) is 0.463. The van der Waals surface area contributed by atoms with Gasteiger partial charge in [-0.15, -0.1) is 0 Å². The van der Waals surface area contributed by atoms with E-state index in [2.05, 4.69) is 0 Å². The van der Waals surface area contributed by atoms with Crippen LogP contribution in [0.25, 0.3) is 0 Å². The highest BCUT2D eigenvalue weighted by Gasteiger charge is 2.21. The first-order valence-electron chi connectivity index (χ1n) is 6.69. The lowest BCUT2D eigenvalue weighted by atomic mass is 10.1. The van der Waals surface area contributed by atoms with Gasteiger partial charge in [-0.3, -0.25) is 4.79 Å². The van der Waals surface area contributed by atoms with Crippen LogP contribution < -0.4 is 10.5 Å². The van der Waals surface area contributed by atoms with Crippen LogP contribution in [0.3, 0.4) is 0 Å². The lowest BCUT2D eigenvalue weighted by Gasteiger charge is -2.20. The van der Waals surface area contributed by atoms with Gasteiger partial charge in [0.25, 0.3) is 5.91 Å². The van der Waals surface area contributed by atoms with Gasteiger partial charge in [0, 0.05) is 28.4 Å². The first-order valence-corrected chi connectivity index (χ1v) is 7.07. The van der Waals surface area contributed by atoms with Gasteiger partial charge in [0.05, 0.1) is 6.54 Å². The molecule has 0 atom stereocenters. The Morgan fingerprint density at radius 3 is 2.86 bits per heavy atom. The van der Waals surface area contributed by atoms with Crippen LogP contribution >= 0.6 is 11.6 Å². The Morgan fingerprint density at radius 2 is 2.05 bits per heavy atom. The molecule has 1 heterocycles. The Hall–Kier alpha value is -2.20. The van der Waals surface area contributed by atoms with Crippen molar-refractivity contribution in [3.8, 4) is 5.75 Å². The molecule has 2 aromatic carbocycles. The van der Waals surface area contributed by atoms with Crippen LogP contribution in [0.1, 0.15) is 15.9 Å². The number of anilines is 1. The Balaban J connectivity index is 1.88. The van der Waals surface area contributed by atoms with Crippen LogP contribution in [0.4, 0.5) is 5.69 Å². The molecule has 21 heavy (non-hydrogen) atoms. The molecule has 0 fully saturated rings. The van der Waals surface area contributed by atoms with Gasteiger partial charge in [0.15, 0.2) is 0 Å². The average Bonchev–Trinajstić information content (AvgIpc) is 2.67. The predicted molar refractivity (Wildman–Crippen MR) is 82.5 cm³/mol. The fourth-order valence-electron chi connectivity index (χ4n) is 2.42. The first-order chi connectivity index (χ1) is 10.1. The summed E-state index contributed by atoms with van der Waals surface area (Å²) < 4.78 is 5.67. The molecule has 0 radical (unpaired) electrons. The molecule has 2 N–H and O–H groups in total. The summed E-state index contributed by atoms with van der Waals surface area (Å²) in [5.41, 5.74) is 7.74. The number of carbonyl (C=O) groups excluding carboxylic acids is 1. The van der Waals surface area contributed by atoms with Crippen LogP contribution in [0, 0.1) is 0 Å². The van der Waals surface area contributed by atoms with Gasteiger partial charge in [-0.1, -0.05) is 29.8 Å². The summed E-state index contributed by atoms with van der Waals surface area (Å²) in [7, 11) is 0. The van der Waals surface area contributed by atoms with Crippen molar-refractivity contribution in [3.05, 3.63) is 58.6 Å². The molecular formula is C16H15ClN2O2. The minimum Gasteiger partial charge on any atom is -0.491 e. The molecule has 1 aliphatic heterocycles. The van der Waals surface area contributed by atoms with E-state index in [1.54, 1.807) is 23.1 Å². The number of halogens is 1. The molecule has 0 bridgehead atoms. The molecule has 0 spiro atoms. The molecule has 0 saturated heterocycles. The molecule has 0 aliphatic carbocycles. The topological polar surface area (TPSA) is 55.6 Å². The van der Waals surface area contributed by atoms with Crippen LogP contribution in [-0.4, -0.2) is 24.0 Å². The zero-order chi connectivity index (χ0) is 14.8. The summed E-state index contributed by atoms with van der Waals surface area (Å²) >= 11 is 5.97. The number of nitrogens with two attached hydrogens (primary N) is 1. The zero-order valence-corrected chi connectivity index (χ0v) is 12.1. The number of amides is 1. The van der Waals surface area contributed by atoms with Gasteiger partial charge < -0.3 is 15.4 Å². The number of hydrogen-bond donors (Lipinski definition) is 1. The lowest BCUT2D eigenvalue weighted by molar-refractivity contribution is 0.0733. The van der Waals surface area contributed by atoms with E-state index in [4.69, 9.17) is 22.1 Å². The van der Waals surface area contributed by atoms with Gasteiger partial charge in [-0.2, -0.15) is 0 Å². The summed E-state index contributed by atoms with van der Waals surface area (Å²) in [4.78, 5) is 14.4. The number of fused-ring (bicyclic) bond motifs is 1. The number of rotatable bonds is 1. The Labute approximate surface area is 128 Å². The largest absolute Gasteiger partial charge is 0.491 e. The monoisotopic (exact) mass is 302 g/mol. The summed E-state index contributed by atoms with van der Waals surface area (Å²) in [6, 6.07) is 12.7. The number of benzene rings is 2. The van der Waals surface area contributed by atoms with E-state index in [0.717, 1.165) is 11.3 Å². The Kier molecular flexibility index (Phi) is 3.71. The molecule has 108 valence electrons. The van der Waals surface area contributed by atoms with E-state index in [1.165, 1.54) is 0 Å². The van der Waals surface area contributed by atoms with E-state index in [9.17, 15) is 4.79 Å². The van der Waals surface area contributed by atoms with Crippen LogP contribution in [-0.2, 0) is 6.54 Å². The van der Waals surface area contributed by atoms with Crippen molar-refractivity contribution in [2.24, 2.45) is 0 Å². The van der Waals surface area contributed by atoms with Crippen molar-refractivity contribution >= 4 is 23.2 Å². The molecule has 5 heteroatoms. The predicted octanol–water partition coefficient (Wildman–Crippen LogP) is 2.96. The highest BCUT2D eigenvalue weighted by molar-refractivity contribution is 6.31. The van der Waals surface area contributed by atoms with Crippen LogP contribution in [0.5, 0.6) is 5.75 Å². The fraction of sp³-hybridized carbons (Fsp3) is 0.188. The van der Waals surface area contributed by atoms with Crippen molar-refractivity contribution in [1.29, 1.82) is 0 Å². The molecule has 1 aliphatic rings. The molecule has 3 rings (SSSR count). The molecule has 0 saturated carbocycles. The normalized spacial score (nSPS) is 14.0. The number of nitrogen functional groups attached to an aromatic ring is 1. The molecule has 0 aromatic heterocycles. The number of ether oxygens (including phenoxy) is 1. The van der Waals surface area contributed by atoms with E-state index in [1.807, 2.05) is 24.3 Å². The lowest BCUT2D eigenvalue weighted by Crippen LogP contribution is -2.32. The summed E-state index contributed by atoms with van der Waals surface area (Å²) in [6.07, 6.45) is 0. The number of nitrogens with zero attached hydrogens (tertiary/aromatic N) is 1. The standard InChI is InChI=1S/C16H15ClN2O2/c17-13-7-12(8-14(18)9-13)16(20)19-5-6-21-15-4-2-1-3-11(15)10-19/h1-4,7-9H,5-6,10,18H2. The number of para-hydroxylation sites is 1. The van der Waals surface area contributed by atoms with Crippen LogP contribution in [0.15, 0.2) is 42.5 Å². The SMILES string of the molecule is Nc1cc(Cl)cc(C(=O)N2CCOc3ccccc3C2)c1. The first kappa shape index (κ1) is 13.8. The second-order valence-electron chi connectivity index (χ2n) is 4.96. The third kappa shape index (κ3) is 2.95. The van der Waals surface area contributed by atoms with Crippen LogP contribution in [0.2, 0.25) is 5.02 Å². The smallest absolute Gasteiger partial charge is 0.254 e. The summed E-state index contributed by atoms with van der Waals surface area (Å²) in [6.45, 7) is 1.51. The third-order valence-electron chi connectivity index (χ3n) is 3.41.